The summed E-state index contributed by atoms with van der Waals surface area (Å²) >= 11 is 0. The minimum Gasteiger partial charge on any atom is -0.467 e. The van der Waals surface area contributed by atoms with Crippen molar-refractivity contribution >= 4 is 17.8 Å². The fourth-order valence-corrected chi connectivity index (χ4v) is 1.01. The molecule has 0 aromatic carbocycles. The largest absolute Gasteiger partial charge is 0.467 e. The molecule has 0 bridgehead atoms. The zero-order chi connectivity index (χ0) is 12.7. The molecule has 8 nitrogen and oxygen atoms in total. The Kier molecular flexibility index (Phi) is 4.92. The van der Waals surface area contributed by atoms with Crippen molar-refractivity contribution in [1.82, 2.24) is 15.0 Å². The molecule has 1 heterocycles. The van der Waals surface area contributed by atoms with Crippen molar-refractivity contribution in [3.05, 3.63) is 0 Å². The van der Waals surface area contributed by atoms with Crippen LogP contribution in [0, 0.1) is 0 Å². The first-order valence-electron chi connectivity index (χ1n) is 5.21. The molecule has 4 N–H and O–H groups in total. The molecule has 0 radical (unpaired) electrons. The number of methoxy groups -OCH3 is 1. The van der Waals surface area contributed by atoms with Crippen molar-refractivity contribution < 1.29 is 9.53 Å². The van der Waals surface area contributed by atoms with Crippen molar-refractivity contribution in [3.63, 3.8) is 0 Å². The number of carbonyl (C=O) groups excluding carboxylic acids is 1. The van der Waals surface area contributed by atoms with Crippen molar-refractivity contribution in [2.24, 2.45) is 5.73 Å². The summed E-state index contributed by atoms with van der Waals surface area (Å²) in [6, 6.07) is 0.172. The number of hydrogen-bond donors (Lipinski definition) is 3. The quantitative estimate of drug-likeness (QED) is 0.593. The molecule has 94 valence electrons. The number of nitrogens with zero attached hydrogens (tertiary/aromatic N) is 3. The van der Waals surface area contributed by atoms with Gasteiger partial charge in [-0.15, -0.1) is 0 Å². The topological polar surface area (TPSA) is 115 Å². The highest BCUT2D eigenvalue weighted by Gasteiger charge is 2.06. The monoisotopic (exact) mass is 240 g/mol. The molecular formula is C9H16N6O2. The van der Waals surface area contributed by atoms with Crippen LogP contribution in [0.4, 0.5) is 11.9 Å². The Morgan fingerprint density at radius 1 is 1.29 bits per heavy atom. The summed E-state index contributed by atoms with van der Waals surface area (Å²) in [4.78, 5) is 22.6. The van der Waals surface area contributed by atoms with E-state index in [-0.39, 0.29) is 18.5 Å². The minimum absolute atomic E-state index is 0.0413. The number of rotatable bonds is 7. The number of primary amides is 1. The second-order valence-corrected chi connectivity index (χ2v) is 3.22. The summed E-state index contributed by atoms with van der Waals surface area (Å²) in [5, 5.41) is 5.68. The first kappa shape index (κ1) is 12.9. The van der Waals surface area contributed by atoms with Gasteiger partial charge in [0.15, 0.2) is 0 Å². The highest BCUT2D eigenvalue weighted by Crippen LogP contribution is 2.10. The van der Waals surface area contributed by atoms with Crippen LogP contribution in [-0.2, 0) is 4.79 Å². The number of anilines is 2. The van der Waals surface area contributed by atoms with Gasteiger partial charge in [-0.1, -0.05) is 6.92 Å². The Morgan fingerprint density at radius 2 is 1.94 bits per heavy atom. The van der Waals surface area contributed by atoms with Crippen molar-refractivity contribution in [1.29, 1.82) is 0 Å². The fourth-order valence-electron chi connectivity index (χ4n) is 1.01. The van der Waals surface area contributed by atoms with Crippen LogP contribution in [0.5, 0.6) is 6.01 Å². The lowest BCUT2D eigenvalue weighted by Crippen LogP contribution is -2.23. The SMILES string of the molecule is CCCNc1nc(NCC(N)=O)nc(OC)n1. The van der Waals surface area contributed by atoms with Crippen LogP contribution < -0.4 is 21.1 Å². The molecule has 0 saturated carbocycles. The van der Waals surface area contributed by atoms with Crippen LogP contribution >= 0.6 is 0 Å². The smallest absolute Gasteiger partial charge is 0.322 e. The first-order chi connectivity index (χ1) is 8.15. The molecular weight excluding hydrogens is 224 g/mol. The van der Waals surface area contributed by atoms with Gasteiger partial charge in [-0.25, -0.2) is 0 Å². The number of nitrogens with one attached hydrogen (secondary N) is 2. The lowest BCUT2D eigenvalue weighted by Gasteiger charge is -2.07. The van der Waals surface area contributed by atoms with E-state index < -0.39 is 5.91 Å². The molecule has 1 aromatic rings. The highest BCUT2D eigenvalue weighted by atomic mass is 16.5. The third-order valence-electron chi connectivity index (χ3n) is 1.75. The van der Waals surface area contributed by atoms with Crippen molar-refractivity contribution in [2.45, 2.75) is 13.3 Å². The maximum atomic E-state index is 10.6. The van der Waals surface area contributed by atoms with Crippen LogP contribution in [0.15, 0.2) is 0 Å². The molecule has 1 amide bonds. The molecule has 1 rings (SSSR count). The third-order valence-corrected chi connectivity index (χ3v) is 1.75. The molecule has 0 aliphatic carbocycles. The van der Waals surface area contributed by atoms with E-state index >= 15 is 0 Å². The molecule has 0 aliphatic heterocycles. The van der Waals surface area contributed by atoms with E-state index in [1.54, 1.807) is 0 Å². The van der Waals surface area contributed by atoms with Gasteiger partial charge in [-0.05, 0) is 6.42 Å². The van der Waals surface area contributed by atoms with Crippen molar-refractivity contribution in [2.75, 3.05) is 30.8 Å². The third kappa shape index (κ3) is 4.49. The second kappa shape index (κ2) is 6.46. The molecule has 0 aliphatic rings. The molecule has 8 heteroatoms. The number of amides is 1. The molecule has 0 unspecified atom stereocenters. The van der Waals surface area contributed by atoms with Gasteiger partial charge in [0.2, 0.25) is 17.8 Å². The molecule has 0 spiro atoms. The van der Waals surface area contributed by atoms with E-state index in [0.717, 1.165) is 13.0 Å². The Hall–Kier alpha value is -2.12. The van der Waals surface area contributed by atoms with Crippen LogP contribution in [0.25, 0.3) is 0 Å². The van der Waals surface area contributed by atoms with E-state index in [4.69, 9.17) is 10.5 Å². The average Bonchev–Trinajstić information content (AvgIpc) is 2.33. The number of aromatic nitrogens is 3. The van der Waals surface area contributed by atoms with Crippen LogP contribution in [0.1, 0.15) is 13.3 Å². The van der Waals surface area contributed by atoms with E-state index in [9.17, 15) is 4.79 Å². The van der Waals surface area contributed by atoms with Gasteiger partial charge < -0.3 is 21.1 Å². The Balaban J connectivity index is 2.77. The molecule has 1 aromatic heterocycles. The van der Waals surface area contributed by atoms with Gasteiger partial charge in [0.1, 0.15) is 0 Å². The Labute approximate surface area is 99.0 Å². The molecule has 17 heavy (non-hydrogen) atoms. The highest BCUT2D eigenvalue weighted by molar-refractivity contribution is 5.78. The Morgan fingerprint density at radius 3 is 2.47 bits per heavy atom. The van der Waals surface area contributed by atoms with Gasteiger partial charge in [-0.2, -0.15) is 15.0 Å². The minimum atomic E-state index is -0.493. The van der Waals surface area contributed by atoms with E-state index in [1.807, 2.05) is 6.92 Å². The van der Waals surface area contributed by atoms with Gasteiger partial charge >= 0.3 is 6.01 Å². The van der Waals surface area contributed by atoms with Crippen LogP contribution in [0.3, 0.4) is 0 Å². The molecule has 0 atom stereocenters. The van der Waals surface area contributed by atoms with Gasteiger partial charge in [0.25, 0.3) is 0 Å². The lowest BCUT2D eigenvalue weighted by molar-refractivity contribution is -0.116. The summed E-state index contributed by atoms with van der Waals surface area (Å²) in [7, 11) is 1.46. The average molecular weight is 240 g/mol. The van der Waals surface area contributed by atoms with Gasteiger partial charge in [0, 0.05) is 6.54 Å². The normalized spacial score (nSPS) is 9.76. The lowest BCUT2D eigenvalue weighted by atomic mass is 10.5. The summed E-state index contributed by atoms with van der Waals surface area (Å²) in [6.07, 6.45) is 0.943. The van der Waals surface area contributed by atoms with E-state index in [0.29, 0.717) is 5.95 Å². The summed E-state index contributed by atoms with van der Waals surface area (Å²) in [5.74, 6) is 0.146. The number of carbonyl (C=O) groups is 1. The zero-order valence-corrected chi connectivity index (χ0v) is 9.86. The summed E-state index contributed by atoms with van der Waals surface area (Å²) in [5.41, 5.74) is 5.01. The van der Waals surface area contributed by atoms with Crippen molar-refractivity contribution in [3.8, 4) is 6.01 Å². The Bertz CT molecular complexity index is 384. The van der Waals surface area contributed by atoms with Gasteiger partial charge in [0.05, 0.1) is 13.7 Å². The predicted molar refractivity (Wildman–Crippen MR) is 62.8 cm³/mol. The maximum absolute atomic E-state index is 10.6. The number of hydrogen-bond acceptors (Lipinski definition) is 7. The second-order valence-electron chi connectivity index (χ2n) is 3.22. The van der Waals surface area contributed by atoms with Crippen LogP contribution in [0.2, 0.25) is 0 Å². The standard InChI is InChI=1S/C9H16N6O2/c1-3-4-11-7-13-8(12-5-6(10)16)15-9(14-7)17-2/h3-5H2,1-2H3,(H2,10,16)(H2,11,12,13,14,15). The number of nitrogens with two attached hydrogens (primary N) is 1. The summed E-state index contributed by atoms with van der Waals surface area (Å²) in [6.45, 7) is 2.72. The fraction of sp³-hybridized carbons (Fsp3) is 0.556. The van der Waals surface area contributed by atoms with Gasteiger partial charge in [-0.3, -0.25) is 4.79 Å². The predicted octanol–water partition coefficient (Wildman–Crippen LogP) is -0.401. The number of ether oxygens (including phenoxy) is 1. The van der Waals surface area contributed by atoms with Crippen LogP contribution in [-0.4, -0.2) is 41.1 Å². The van der Waals surface area contributed by atoms with E-state index in [1.165, 1.54) is 7.11 Å². The molecule has 0 fully saturated rings. The first-order valence-corrected chi connectivity index (χ1v) is 5.21. The molecule has 0 saturated heterocycles. The maximum Gasteiger partial charge on any atom is 0.322 e. The summed E-state index contributed by atoms with van der Waals surface area (Å²) < 4.78 is 4.92. The van der Waals surface area contributed by atoms with E-state index in [2.05, 4.69) is 25.6 Å². The zero-order valence-electron chi connectivity index (χ0n) is 9.86.